The molecule has 1 saturated carbocycles. The number of hydrogen-bond donors (Lipinski definition) is 1. The Morgan fingerprint density at radius 1 is 0.800 bits per heavy atom. The average molecular weight is 408 g/mol. The molecular formula is C24H24O6. The molecule has 1 fully saturated rings. The maximum absolute atomic E-state index is 12.8. The third kappa shape index (κ3) is 4.48. The van der Waals surface area contributed by atoms with Crippen LogP contribution in [0.1, 0.15) is 98.9 Å². The Morgan fingerprint density at radius 2 is 1.37 bits per heavy atom. The lowest BCUT2D eigenvalue weighted by molar-refractivity contribution is 0.0681. The number of ether oxygens (including phenoxy) is 1. The average Bonchev–Trinajstić information content (AvgIpc) is 2.73. The zero-order valence-electron chi connectivity index (χ0n) is 17.1. The molecule has 0 saturated heterocycles. The molecule has 3 rings (SSSR count). The van der Waals surface area contributed by atoms with Crippen LogP contribution < -0.4 is 4.74 Å². The van der Waals surface area contributed by atoms with Crippen LogP contribution in [0.5, 0.6) is 5.75 Å². The second kappa shape index (κ2) is 9.03. The first-order valence-electron chi connectivity index (χ1n) is 10.0. The normalized spacial score (nSPS) is 14.2. The molecule has 0 aliphatic heterocycles. The maximum Gasteiger partial charge on any atom is 0.343 e. The van der Waals surface area contributed by atoms with Crippen molar-refractivity contribution in [2.45, 2.75) is 51.9 Å². The predicted octanol–water partition coefficient (Wildman–Crippen LogP) is 5.06. The number of esters is 1. The molecule has 30 heavy (non-hydrogen) atoms. The first-order chi connectivity index (χ1) is 14.3. The molecular weight excluding hydrogens is 384 g/mol. The summed E-state index contributed by atoms with van der Waals surface area (Å²) in [6.45, 7) is 2.79. The minimum atomic E-state index is -1.12. The Balaban J connectivity index is 2.07. The third-order valence-electron chi connectivity index (χ3n) is 5.54. The van der Waals surface area contributed by atoms with Crippen molar-refractivity contribution in [1.82, 2.24) is 0 Å². The standard InChI is InChI=1S/C24H24O6/c1-14(25)16-8-10-18(11-9-16)24(29)30-22-19(15(2)26)12-13-20(23(27)28)21(22)17-6-4-3-5-7-17/h8-13,17H,3-7H2,1-2H3,(H,27,28). The SMILES string of the molecule is CC(=O)c1ccc(C(=O)Oc2c(C(C)=O)ccc(C(=O)O)c2C2CCCCC2)cc1. The predicted molar refractivity (Wildman–Crippen MR) is 111 cm³/mol. The van der Waals surface area contributed by atoms with Gasteiger partial charge in [0, 0.05) is 11.1 Å². The summed E-state index contributed by atoms with van der Waals surface area (Å²) in [6, 6.07) is 8.84. The van der Waals surface area contributed by atoms with E-state index in [1.54, 1.807) is 0 Å². The molecule has 0 spiro atoms. The van der Waals surface area contributed by atoms with Crippen molar-refractivity contribution < 1.29 is 29.0 Å². The number of ketones is 2. The van der Waals surface area contributed by atoms with E-state index in [-0.39, 0.29) is 39.9 Å². The van der Waals surface area contributed by atoms with Crippen LogP contribution in [0.3, 0.4) is 0 Å². The van der Waals surface area contributed by atoms with Crippen LogP contribution in [0.2, 0.25) is 0 Å². The summed E-state index contributed by atoms with van der Waals surface area (Å²) < 4.78 is 5.66. The molecule has 6 heteroatoms. The number of benzene rings is 2. The molecule has 2 aromatic rings. The molecule has 1 N–H and O–H groups in total. The van der Waals surface area contributed by atoms with Gasteiger partial charge in [-0.25, -0.2) is 9.59 Å². The van der Waals surface area contributed by atoms with Gasteiger partial charge in [-0.05, 0) is 56.9 Å². The first kappa shape index (κ1) is 21.4. The van der Waals surface area contributed by atoms with Gasteiger partial charge in [-0.2, -0.15) is 0 Å². The Bertz CT molecular complexity index is 997. The largest absolute Gasteiger partial charge is 0.478 e. The van der Waals surface area contributed by atoms with Gasteiger partial charge in [0.2, 0.25) is 0 Å². The fourth-order valence-electron chi connectivity index (χ4n) is 3.96. The summed E-state index contributed by atoms with van der Waals surface area (Å²) in [5.41, 5.74) is 1.34. The lowest BCUT2D eigenvalue weighted by atomic mass is 9.80. The molecule has 0 amide bonds. The molecule has 1 aliphatic carbocycles. The minimum absolute atomic E-state index is 0.0370. The lowest BCUT2D eigenvalue weighted by Crippen LogP contribution is -2.18. The second-order valence-corrected chi connectivity index (χ2v) is 7.62. The number of carboxylic acids is 1. The Morgan fingerprint density at radius 3 is 1.90 bits per heavy atom. The summed E-state index contributed by atoms with van der Waals surface area (Å²) in [6.07, 6.45) is 4.53. The molecule has 6 nitrogen and oxygen atoms in total. The van der Waals surface area contributed by atoms with E-state index in [4.69, 9.17) is 4.74 Å². The van der Waals surface area contributed by atoms with Gasteiger partial charge in [0.1, 0.15) is 5.75 Å². The van der Waals surface area contributed by atoms with Crippen LogP contribution in [0.15, 0.2) is 36.4 Å². The fraction of sp³-hybridized carbons (Fsp3) is 0.333. The van der Waals surface area contributed by atoms with E-state index in [2.05, 4.69) is 0 Å². The number of carbonyl (C=O) groups is 4. The molecule has 0 bridgehead atoms. The van der Waals surface area contributed by atoms with Gasteiger partial charge < -0.3 is 9.84 Å². The highest BCUT2D eigenvalue weighted by Crippen LogP contribution is 2.41. The maximum atomic E-state index is 12.8. The molecule has 0 radical (unpaired) electrons. The van der Waals surface area contributed by atoms with Crippen molar-refractivity contribution in [2.24, 2.45) is 0 Å². The van der Waals surface area contributed by atoms with E-state index in [9.17, 15) is 24.3 Å². The van der Waals surface area contributed by atoms with Gasteiger partial charge in [-0.1, -0.05) is 31.4 Å². The highest BCUT2D eigenvalue weighted by Gasteiger charge is 2.29. The van der Waals surface area contributed by atoms with Gasteiger partial charge in [0.25, 0.3) is 0 Å². The molecule has 0 atom stereocenters. The molecule has 0 unspecified atom stereocenters. The van der Waals surface area contributed by atoms with Crippen LogP contribution in [0, 0.1) is 0 Å². The summed E-state index contributed by atoms with van der Waals surface area (Å²) in [5, 5.41) is 9.73. The van der Waals surface area contributed by atoms with Gasteiger partial charge in [0.05, 0.1) is 16.7 Å². The smallest absolute Gasteiger partial charge is 0.343 e. The highest BCUT2D eigenvalue weighted by atomic mass is 16.5. The quantitative estimate of drug-likeness (QED) is 0.408. The zero-order valence-corrected chi connectivity index (χ0v) is 17.1. The van der Waals surface area contributed by atoms with Gasteiger partial charge in [-0.15, -0.1) is 0 Å². The number of Topliss-reactive ketones (excluding diaryl/α,β-unsaturated/α-hetero) is 2. The fourth-order valence-corrected chi connectivity index (χ4v) is 3.96. The molecule has 0 aromatic heterocycles. The third-order valence-corrected chi connectivity index (χ3v) is 5.54. The molecule has 2 aromatic carbocycles. The van der Waals surface area contributed by atoms with E-state index < -0.39 is 11.9 Å². The van der Waals surface area contributed by atoms with E-state index >= 15 is 0 Å². The summed E-state index contributed by atoms with van der Waals surface area (Å²) in [5.74, 6) is -2.30. The van der Waals surface area contributed by atoms with Crippen molar-refractivity contribution in [3.8, 4) is 5.75 Å². The monoisotopic (exact) mass is 408 g/mol. The van der Waals surface area contributed by atoms with Crippen molar-refractivity contribution in [1.29, 1.82) is 0 Å². The molecule has 1 aliphatic rings. The summed E-state index contributed by atoms with van der Waals surface area (Å²) in [4.78, 5) is 48.4. The Hall–Kier alpha value is -3.28. The molecule has 156 valence electrons. The van der Waals surface area contributed by atoms with E-state index in [1.807, 2.05) is 0 Å². The number of carboxylic acid groups (broad SMARTS) is 1. The van der Waals surface area contributed by atoms with Gasteiger partial charge in [0.15, 0.2) is 11.6 Å². The van der Waals surface area contributed by atoms with Crippen LogP contribution in [0.4, 0.5) is 0 Å². The lowest BCUT2D eigenvalue weighted by Gasteiger charge is -2.26. The van der Waals surface area contributed by atoms with Crippen molar-refractivity contribution >= 4 is 23.5 Å². The summed E-state index contributed by atoms with van der Waals surface area (Å²) in [7, 11) is 0. The number of hydrogen-bond acceptors (Lipinski definition) is 5. The molecule has 0 heterocycles. The highest BCUT2D eigenvalue weighted by molar-refractivity contribution is 6.02. The Labute approximate surface area is 174 Å². The number of rotatable bonds is 6. The van der Waals surface area contributed by atoms with Crippen LogP contribution in [-0.2, 0) is 0 Å². The number of carbonyl (C=O) groups excluding carboxylic acids is 3. The Kier molecular flexibility index (Phi) is 6.45. The van der Waals surface area contributed by atoms with Crippen LogP contribution >= 0.6 is 0 Å². The summed E-state index contributed by atoms with van der Waals surface area (Å²) >= 11 is 0. The van der Waals surface area contributed by atoms with E-state index in [1.165, 1.54) is 50.2 Å². The minimum Gasteiger partial charge on any atom is -0.478 e. The second-order valence-electron chi connectivity index (χ2n) is 7.62. The van der Waals surface area contributed by atoms with Crippen molar-refractivity contribution in [3.63, 3.8) is 0 Å². The van der Waals surface area contributed by atoms with Gasteiger partial charge >= 0.3 is 11.9 Å². The van der Waals surface area contributed by atoms with E-state index in [0.717, 1.165) is 32.1 Å². The van der Waals surface area contributed by atoms with Gasteiger partial charge in [-0.3, -0.25) is 9.59 Å². The zero-order chi connectivity index (χ0) is 21.8. The first-order valence-corrected chi connectivity index (χ1v) is 10.0. The number of aromatic carboxylic acids is 1. The van der Waals surface area contributed by atoms with Crippen LogP contribution in [-0.4, -0.2) is 28.6 Å². The van der Waals surface area contributed by atoms with Crippen LogP contribution in [0.25, 0.3) is 0 Å². The topological polar surface area (TPSA) is 97.7 Å². The van der Waals surface area contributed by atoms with Crippen molar-refractivity contribution in [2.75, 3.05) is 0 Å². The van der Waals surface area contributed by atoms with E-state index in [0.29, 0.717) is 11.1 Å². The van der Waals surface area contributed by atoms with Crippen molar-refractivity contribution in [3.05, 3.63) is 64.2 Å².